The molecule has 2 rings (SSSR count). The van der Waals surface area contributed by atoms with Gasteiger partial charge in [-0.25, -0.2) is 0 Å². The molecule has 0 atom stereocenters. The van der Waals surface area contributed by atoms with Crippen molar-refractivity contribution in [2.75, 3.05) is 46.4 Å². The summed E-state index contributed by atoms with van der Waals surface area (Å²) in [6, 6.07) is 4.32. The van der Waals surface area contributed by atoms with E-state index in [1.165, 1.54) is 12.0 Å². The molecule has 0 unspecified atom stereocenters. The van der Waals surface area contributed by atoms with E-state index in [1.807, 2.05) is 11.3 Å². The van der Waals surface area contributed by atoms with Crippen LogP contribution >= 0.6 is 11.3 Å². The fourth-order valence-corrected chi connectivity index (χ4v) is 3.01. The fourth-order valence-electron chi connectivity index (χ4n) is 2.31. The monoisotopic (exact) mass is 282 g/mol. The maximum Gasteiger partial charge on any atom is 0.306 e. The average molecular weight is 282 g/mol. The molecule has 19 heavy (non-hydrogen) atoms. The van der Waals surface area contributed by atoms with Crippen molar-refractivity contribution in [3.63, 3.8) is 0 Å². The average Bonchev–Trinajstić information content (AvgIpc) is 2.97. The van der Waals surface area contributed by atoms with E-state index < -0.39 is 0 Å². The number of nitrogens with zero attached hydrogens (tertiary/aromatic N) is 2. The van der Waals surface area contributed by atoms with Crippen LogP contribution in [0.1, 0.15) is 11.3 Å². The number of ether oxygens (including phenoxy) is 1. The fraction of sp³-hybridized carbons (Fsp3) is 0.643. The van der Waals surface area contributed by atoms with Gasteiger partial charge < -0.3 is 14.5 Å². The number of carbonyl (C=O) groups is 1. The second kappa shape index (κ2) is 7.62. The number of hydrogen-bond acceptors (Lipinski definition) is 5. The van der Waals surface area contributed by atoms with Crippen LogP contribution < -0.4 is 0 Å². The predicted molar refractivity (Wildman–Crippen MR) is 77.5 cm³/mol. The van der Waals surface area contributed by atoms with Crippen molar-refractivity contribution in [2.24, 2.45) is 0 Å². The molecule has 0 aromatic carbocycles. The molecule has 0 bridgehead atoms. The molecule has 4 nitrogen and oxygen atoms in total. The Balaban J connectivity index is 1.61. The highest BCUT2D eigenvalue weighted by atomic mass is 32.1. The molecule has 0 spiro atoms. The second-order valence-electron chi connectivity index (χ2n) is 4.84. The van der Waals surface area contributed by atoms with Crippen molar-refractivity contribution >= 4 is 17.3 Å². The first-order valence-electron chi connectivity index (χ1n) is 6.82. The van der Waals surface area contributed by atoms with E-state index in [0.29, 0.717) is 6.42 Å². The summed E-state index contributed by atoms with van der Waals surface area (Å²) in [6.45, 7) is 6.29. The lowest BCUT2D eigenvalue weighted by molar-refractivity contribution is -0.141. The van der Waals surface area contributed by atoms with E-state index in [9.17, 15) is 4.79 Å². The van der Waals surface area contributed by atoms with Gasteiger partial charge in [-0.05, 0) is 17.9 Å². The number of thiophene rings is 1. The van der Waals surface area contributed by atoms with Crippen LogP contribution in [0, 0.1) is 0 Å². The first kappa shape index (κ1) is 14.5. The maximum absolute atomic E-state index is 11.1. The van der Waals surface area contributed by atoms with Gasteiger partial charge in [-0.1, -0.05) is 6.07 Å². The van der Waals surface area contributed by atoms with Gasteiger partial charge in [0.05, 0.1) is 13.5 Å². The minimum absolute atomic E-state index is 0.111. The van der Waals surface area contributed by atoms with Crippen LogP contribution in [0.25, 0.3) is 0 Å². The molecule has 0 amide bonds. The molecular formula is C14H22N2O2S. The zero-order chi connectivity index (χ0) is 13.5. The van der Waals surface area contributed by atoms with Gasteiger partial charge in [-0.3, -0.25) is 4.79 Å². The van der Waals surface area contributed by atoms with Crippen LogP contribution in [-0.2, 0) is 16.0 Å². The highest BCUT2D eigenvalue weighted by Crippen LogP contribution is 2.11. The lowest BCUT2D eigenvalue weighted by Gasteiger charge is -2.34. The van der Waals surface area contributed by atoms with Crippen LogP contribution in [0.4, 0.5) is 0 Å². The Morgan fingerprint density at radius 2 is 1.95 bits per heavy atom. The lowest BCUT2D eigenvalue weighted by atomic mass is 10.2. The number of carbonyl (C=O) groups excluding carboxylic acids is 1. The van der Waals surface area contributed by atoms with Crippen molar-refractivity contribution in [1.29, 1.82) is 0 Å². The smallest absolute Gasteiger partial charge is 0.306 e. The predicted octanol–water partition coefficient (Wildman–Crippen LogP) is 1.47. The summed E-state index contributed by atoms with van der Waals surface area (Å²) in [4.78, 5) is 17.4. The minimum atomic E-state index is -0.111. The van der Waals surface area contributed by atoms with E-state index in [-0.39, 0.29) is 5.97 Å². The van der Waals surface area contributed by atoms with E-state index in [1.54, 1.807) is 0 Å². The van der Waals surface area contributed by atoms with Gasteiger partial charge in [-0.15, -0.1) is 11.3 Å². The van der Waals surface area contributed by atoms with Crippen molar-refractivity contribution < 1.29 is 9.53 Å². The Morgan fingerprint density at radius 3 is 2.53 bits per heavy atom. The van der Waals surface area contributed by atoms with E-state index in [4.69, 9.17) is 0 Å². The molecule has 0 aliphatic carbocycles. The van der Waals surface area contributed by atoms with Crippen molar-refractivity contribution in [1.82, 2.24) is 9.80 Å². The van der Waals surface area contributed by atoms with Crippen LogP contribution in [0.3, 0.4) is 0 Å². The quantitative estimate of drug-likeness (QED) is 0.740. The summed E-state index contributed by atoms with van der Waals surface area (Å²) in [7, 11) is 1.45. The SMILES string of the molecule is COC(=O)CCN1CCN(CCc2cccs2)CC1. The van der Waals surface area contributed by atoms with E-state index >= 15 is 0 Å². The maximum atomic E-state index is 11.1. The summed E-state index contributed by atoms with van der Waals surface area (Å²) >= 11 is 1.84. The molecule has 1 aromatic rings. The molecule has 0 saturated carbocycles. The summed E-state index contributed by atoms with van der Waals surface area (Å²) in [5.41, 5.74) is 0. The van der Waals surface area contributed by atoms with Gasteiger partial charge in [0.1, 0.15) is 0 Å². The van der Waals surface area contributed by atoms with Gasteiger partial charge in [0.25, 0.3) is 0 Å². The molecule has 1 saturated heterocycles. The second-order valence-corrected chi connectivity index (χ2v) is 5.87. The topological polar surface area (TPSA) is 32.8 Å². The molecule has 1 aromatic heterocycles. The Morgan fingerprint density at radius 1 is 1.26 bits per heavy atom. The Kier molecular flexibility index (Phi) is 5.82. The summed E-state index contributed by atoms with van der Waals surface area (Å²) in [6.07, 6.45) is 1.66. The highest BCUT2D eigenvalue weighted by molar-refractivity contribution is 7.09. The molecule has 0 radical (unpaired) electrons. The molecule has 106 valence electrons. The number of esters is 1. The van der Waals surface area contributed by atoms with Crippen molar-refractivity contribution in [2.45, 2.75) is 12.8 Å². The highest BCUT2D eigenvalue weighted by Gasteiger charge is 2.17. The molecule has 1 aliphatic rings. The zero-order valence-electron chi connectivity index (χ0n) is 11.5. The third-order valence-electron chi connectivity index (χ3n) is 3.58. The van der Waals surface area contributed by atoms with Crippen LogP contribution in [0.5, 0.6) is 0 Å². The van der Waals surface area contributed by atoms with Gasteiger partial charge >= 0.3 is 5.97 Å². The zero-order valence-corrected chi connectivity index (χ0v) is 12.3. The normalized spacial score (nSPS) is 17.5. The summed E-state index contributed by atoms with van der Waals surface area (Å²) in [5, 5.41) is 2.14. The number of hydrogen-bond donors (Lipinski definition) is 0. The lowest BCUT2D eigenvalue weighted by Crippen LogP contribution is -2.47. The number of piperazine rings is 1. The first-order valence-corrected chi connectivity index (χ1v) is 7.70. The summed E-state index contributed by atoms with van der Waals surface area (Å²) in [5.74, 6) is -0.111. The minimum Gasteiger partial charge on any atom is -0.469 e. The molecular weight excluding hydrogens is 260 g/mol. The third kappa shape index (κ3) is 4.93. The van der Waals surface area contributed by atoms with Crippen molar-refractivity contribution in [3.8, 4) is 0 Å². The Hall–Kier alpha value is -0.910. The first-order chi connectivity index (χ1) is 9.28. The van der Waals surface area contributed by atoms with Gasteiger partial charge in [0, 0.05) is 44.1 Å². The molecule has 2 heterocycles. The molecule has 0 N–H and O–H groups in total. The van der Waals surface area contributed by atoms with Crippen LogP contribution in [0.2, 0.25) is 0 Å². The third-order valence-corrected chi connectivity index (χ3v) is 4.52. The molecule has 5 heteroatoms. The number of methoxy groups -OCH3 is 1. The van der Waals surface area contributed by atoms with Crippen molar-refractivity contribution in [3.05, 3.63) is 22.4 Å². The van der Waals surface area contributed by atoms with Crippen LogP contribution in [-0.4, -0.2) is 62.1 Å². The Labute approximate surface area is 119 Å². The van der Waals surface area contributed by atoms with E-state index in [2.05, 4.69) is 32.0 Å². The largest absolute Gasteiger partial charge is 0.469 e. The Bertz CT molecular complexity index is 373. The van der Waals surface area contributed by atoms with Crippen LogP contribution in [0.15, 0.2) is 17.5 Å². The standard InChI is InChI=1S/C14H22N2O2S/c1-18-14(17)5-7-16-10-8-15(9-11-16)6-4-13-3-2-12-19-13/h2-3,12H,4-11H2,1H3. The van der Waals surface area contributed by atoms with Gasteiger partial charge in [0.2, 0.25) is 0 Å². The molecule has 1 fully saturated rings. The van der Waals surface area contributed by atoms with E-state index in [0.717, 1.165) is 45.7 Å². The number of rotatable bonds is 6. The summed E-state index contributed by atoms with van der Waals surface area (Å²) < 4.78 is 4.67. The van der Waals surface area contributed by atoms with Gasteiger partial charge in [-0.2, -0.15) is 0 Å². The van der Waals surface area contributed by atoms with Gasteiger partial charge in [0.15, 0.2) is 0 Å². The molecule has 1 aliphatic heterocycles.